The Morgan fingerprint density at radius 2 is 0.938 bits per heavy atom. The van der Waals surface area contributed by atoms with Crippen molar-refractivity contribution in [3.8, 4) is 0 Å². The Hall–Kier alpha value is -2.64. The summed E-state index contributed by atoms with van der Waals surface area (Å²) in [6, 6.07) is 0. The topological polar surface area (TPSA) is 105 Å². The van der Waals surface area contributed by atoms with Crippen molar-refractivity contribution in [3.05, 3.63) is 25.3 Å². The fourth-order valence-electron chi connectivity index (χ4n) is 2.16. The van der Waals surface area contributed by atoms with E-state index in [-0.39, 0.29) is 25.2 Å². The highest BCUT2D eigenvalue weighted by atomic mass is 16.6. The number of carbonyl (C=O) groups excluding carboxylic acids is 4. The van der Waals surface area contributed by atoms with Crippen molar-refractivity contribution in [3.63, 3.8) is 0 Å². The van der Waals surface area contributed by atoms with Gasteiger partial charge in [0, 0.05) is 25.0 Å². The maximum absolute atomic E-state index is 11.2. The maximum atomic E-state index is 11.2. The van der Waals surface area contributed by atoms with Gasteiger partial charge in [-0.25, -0.2) is 9.59 Å². The Morgan fingerprint density at radius 3 is 1.38 bits per heavy atom. The van der Waals surface area contributed by atoms with E-state index < -0.39 is 11.9 Å². The summed E-state index contributed by atoms with van der Waals surface area (Å²) in [6.07, 6.45) is 10.6. The molecule has 0 saturated heterocycles. The van der Waals surface area contributed by atoms with E-state index in [0.29, 0.717) is 38.9 Å². The molecule has 0 saturated carbocycles. The number of hydrogen-bond acceptors (Lipinski definition) is 8. The molecular weight excluding hydrogens is 416 g/mol. The summed E-state index contributed by atoms with van der Waals surface area (Å²) in [5.74, 6) is -1.29. The van der Waals surface area contributed by atoms with Crippen LogP contribution in [0.4, 0.5) is 0 Å². The van der Waals surface area contributed by atoms with Crippen molar-refractivity contribution >= 4 is 23.9 Å². The van der Waals surface area contributed by atoms with E-state index in [4.69, 9.17) is 14.2 Å². The highest BCUT2D eigenvalue weighted by Crippen LogP contribution is 2.02. The molecule has 0 atom stereocenters. The Balaban J connectivity index is 0. The molecule has 0 radical (unpaired) electrons. The van der Waals surface area contributed by atoms with Crippen molar-refractivity contribution in [1.29, 1.82) is 0 Å². The Labute approximate surface area is 192 Å². The van der Waals surface area contributed by atoms with Gasteiger partial charge in [-0.2, -0.15) is 0 Å². The largest absolute Gasteiger partial charge is 0.466 e. The summed E-state index contributed by atoms with van der Waals surface area (Å²) in [4.78, 5) is 43.5. The van der Waals surface area contributed by atoms with Crippen LogP contribution in [0.5, 0.6) is 0 Å². The predicted molar refractivity (Wildman–Crippen MR) is 122 cm³/mol. The highest BCUT2D eigenvalue weighted by Gasteiger charge is 2.03. The van der Waals surface area contributed by atoms with Crippen molar-refractivity contribution in [1.82, 2.24) is 0 Å². The van der Waals surface area contributed by atoms with Gasteiger partial charge in [0.1, 0.15) is 13.2 Å². The van der Waals surface area contributed by atoms with Crippen LogP contribution in [-0.4, -0.2) is 50.3 Å². The first-order valence-corrected chi connectivity index (χ1v) is 11.3. The Morgan fingerprint density at radius 1 is 0.562 bits per heavy atom. The number of ether oxygens (including phenoxy) is 4. The average Bonchev–Trinajstić information content (AvgIpc) is 2.79. The molecule has 0 unspecified atom stereocenters. The minimum Gasteiger partial charge on any atom is -0.466 e. The van der Waals surface area contributed by atoms with Crippen molar-refractivity contribution in [2.75, 3.05) is 26.4 Å². The van der Waals surface area contributed by atoms with Gasteiger partial charge >= 0.3 is 23.9 Å². The molecule has 8 nitrogen and oxygen atoms in total. The van der Waals surface area contributed by atoms with Gasteiger partial charge in [0.2, 0.25) is 0 Å². The van der Waals surface area contributed by atoms with E-state index in [2.05, 4.69) is 31.7 Å². The van der Waals surface area contributed by atoms with Gasteiger partial charge in [0.15, 0.2) is 0 Å². The molecule has 8 heteroatoms. The van der Waals surface area contributed by atoms with Crippen LogP contribution in [0.3, 0.4) is 0 Å². The second-order valence-electron chi connectivity index (χ2n) is 6.81. The highest BCUT2D eigenvalue weighted by molar-refractivity contribution is 5.81. The van der Waals surface area contributed by atoms with Crippen LogP contribution < -0.4 is 0 Å². The SMILES string of the molecule is C=CC(=O)OCCCCOC(=O)CCCCC.C=CC(=O)OCCOC(=O)CCCCC. The predicted octanol–water partition coefficient (Wildman–Crippen LogP) is 4.46. The summed E-state index contributed by atoms with van der Waals surface area (Å²) in [5.41, 5.74) is 0. The van der Waals surface area contributed by atoms with Crippen molar-refractivity contribution < 1.29 is 38.1 Å². The zero-order chi connectivity index (χ0) is 24.5. The van der Waals surface area contributed by atoms with E-state index >= 15 is 0 Å². The van der Waals surface area contributed by atoms with E-state index in [0.717, 1.165) is 50.7 Å². The first-order valence-electron chi connectivity index (χ1n) is 11.3. The monoisotopic (exact) mass is 456 g/mol. The van der Waals surface area contributed by atoms with Crippen molar-refractivity contribution in [2.24, 2.45) is 0 Å². The Bertz CT molecular complexity index is 542. The average molecular weight is 457 g/mol. The van der Waals surface area contributed by atoms with Gasteiger partial charge in [0.25, 0.3) is 0 Å². The van der Waals surface area contributed by atoms with E-state index in [1.807, 2.05) is 0 Å². The van der Waals surface area contributed by atoms with E-state index in [1.54, 1.807) is 0 Å². The van der Waals surface area contributed by atoms with Crippen LogP contribution in [0.1, 0.15) is 78.1 Å². The summed E-state index contributed by atoms with van der Waals surface area (Å²) < 4.78 is 19.3. The van der Waals surface area contributed by atoms with Gasteiger partial charge in [-0.3, -0.25) is 9.59 Å². The van der Waals surface area contributed by atoms with E-state index in [1.165, 1.54) is 0 Å². The lowest BCUT2D eigenvalue weighted by molar-refractivity contribution is -0.149. The molecule has 0 bridgehead atoms. The Kier molecular flexibility index (Phi) is 24.3. The number of carbonyl (C=O) groups is 4. The fourth-order valence-corrected chi connectivity index (χ4v) is 2.16. The number of esters is 4. The lowest BCUT2D eigenvalue weighted by Crippen LogP contribution is -2.12. The number of hydrogen-bond donors (Lipinski definition) is 0. The molecule has 0 aromatic carbocycles. The summed E-state index contributed by atoms with van der Waals surface area (Å²) in [5, 5.41) is 0. The smallest absolute Gasteiger partial charge is 0.330 e. The molecule has 0 aliphatic rings. The molecule has 0 aliphatic heterocycles. The number of unbranched alkanes of at least 4 members (excludes halogenated alkanes) is 5. The summed E-state index contributed by atoms with van der Waals surface area (Å²) in [6.45, 7) is 11.6. The van der Waals surface area contributed by atoms with E-state index in [9.17, 15) is 19.2 Å². The molecule has 0 fully saturated rings. The maximum Gasteiger partial charge on any atom is 0.330 e. The molecule has 0 amide bonds. The first kappa shape index (κ1) is 31.5. The van der Waals surface area contributed by atoms with Crippen LogP contribution >= 0.6 is 0 Å². The van der Waals surface area contributed by atoms with Gasteiger partial charge in [-0.05, 0) is 25.7 Å². The zero-order valence-corrected chi connectivity index (χ0v) is 19.7. The van der Waals surface area contributed by atoms with Gasteiger partial charge in [0.05, 0.1) is 13.2 Å². The van der Waals surface area contributed by atoms with Crippen LogP contribution in [0, 0.1) is 0 Å². The van der Waals surface area contributed by atoms with Crippen LogP contribution in [-0.2, 0) is 38.1 Å². The third kappa shape index (κ3) is 25.4. The molecule has 0 rings (SSSR count). The van der Waals surface area contributed by atoms with Crippen LogP contribution in [0.15, 0.2) is 25.3 Å². The molecule has 0 N–H and O–H groups in total. The zero-order valence-electron chi connectivity index (χ0n) is 19.7. The molecular formula is C24H40O8. The standard InChI is InChI=1S/C13H22O4.C11H18O4/c1-3-5-6-9-13(15)17-11-8-7-10-16-12(14)4-2;1-3-5-6-7-11(13)15-9-8-14-10(12)4-2/h4H,2-3,5-11H2,1H3;4H,2-3,5-9H2,1H3. The normalized spacial score (nSPS) is 9.56. The van der Waals surface area contributed by atoms with Crippen LogP contribution in [0.2, 0.25) is 0 Å². The molecule has 32 heavy (non-hydrogen) atoms. The van der Waals surface area contributed by atoms with Gasteiger partial charge in [-0.15, -0.1) is 0 Å². The number of rotatable bonds is 18. The minimum absolute atomic E-state index is 0.0877. The third-order valence-corrected chi connectivity index (χ3v) is 3.94. The molecule has 0 heterocycles. The van der Waals surface area contributed by atoms with Gasteiger partial charge < -0.3 is 18.9 Å². The van der Waals surface area contributed by atoms with Gasteiger partial charge in [-0.1, -0.05) is 52.7 Å². The summed E-state index contributed by atoms with van der Waals surface area (Å²) in [7, 11) is 0. The second-order valence-corrected chi connectivity index (χ2v) is 6.81. The molecule has 0 aliphatic carbocycles. The quantitative estimate of drug-likeness (QED) is 0.129. The molecule has 184 valence electrons. The first-order chi connectivity index (χ1) is 15.4. The fraction of sp³-hybridized carbons (Fsp3) is 0.667. The lowest BCUT2D eigenvalue weighted by Gasteiger charge is -2.04. The van der Waals surface area contributed by atoms with Crippen molar-refractivity contribution in [2.45, 2.75) is 78.1 Å². The van der Waals surface area contributed by atoms with Crippen LogP contribution in [0.25, 0.3) is 0 Å². The second kappa shape index (κ2) is 24.6. The minimum atomic E-state index is -0.503. The molecule has 0 spiro atoms. The molecule has 0 aromatic heterocycles. The lowest BCUT2D eigenvalue weighted by atomic mass is 10.2. The third-order valence-electron chi connectivity index (χ3n) is 3.94. The molecule has 0 aromatic rings. The summed E-state index contributed by atoms with van der Waals surface area (Å²) >= 11 is 0.